The van der Waals surface area contributed by atoms with E-state index < -0.39 is 0 Å². The Hall–Kier alpha value is -1.07. The molecule has 0 saturated carbocycles. The van der Waals surface area contributed by atoms with E-state index in [1.54, 1.807) is 0 Å². The van der Waals surface area contributed by atoms with Crippen LogP contribution < -0.4 is 16.0 Å². The maximum atomic E-state index is 11.2. The van der Waals surface area contributed by atoms with Gasteiger partial charge in [-0.05, 0) is 31.5 Å². The van der Waals surface area contributed by atoms with E-state index in [9.17, 15) is 4.79 Å². The largest absolute Gasteiger partial charge is 0.368 e. The molecule has 0 spiro atoms. The summed E-state index contributed by atoms with van der Waals surface area (Å²) in [5, 5.41) is 3.39. The molecule has 0 aliphatic carbocycles. The Kier molecular flexibility index (Phi) is 6.49. The molecule has 1 aromatic rings. The molecule has 0 heterocycles. The third-order valence-electron chi connectivity index (χ3n) is 3.02. The molecule has 1 amide bonds. The minimum Gasteiger partial charge on any atom is -0.368 e. The Balaban J connectivity index is 2.91. The van der Waals surface area contributed by atoms with Crippen molar-refractivity contribution in [3.05, 3.63) is 28.2 Å². The van der Waals surface area contributed by atoms with Gasteiger partial charge in [0.1, 0.15) is 0 Å². The average molecular weight is 342 g/mol. The molecular weight excluding hydrogens is 318 g/mol. The zero-order valence-corrected chi connectivity index (χ0v) is 14.2. The lowest BCUT2D eigenvalue weighted by Crippen LogP contribution is -2.38. The number of benzene rings is 1. The lowest BCUT2D eigenvalue weighted by atomic mass is 10.1. The lowest BCUT2D eigenvalue weighted by Gasteiger charge is -2.28. The molecule has 0 aliphatic rings. The normalized spacial score (nSPS) is 11.2. The number of carbonyl (C=O) groups excluding carboxylic acids is 1. The minimum atomic E-state index is -0.319. The summed E-state index contributed by atoms with van der Waals surface area (Å²) in [5.41, 5.74) is 7.51. The summed E-state index contributed by atoms with van der Waals surface area (Å²) in [6.07, 6.45) is 0. The van der Waals surface area contributed by atoms with Crippen LogP contribution in [0.1, 0.15) is 33.3 Å². The van der Waals surface area contributed by atoms with E-state index in [1.165, 1.54) is 5.56 Å². The lowest BCUT2D eigenvalue weighted by molar-refractivity contribution is -0.116. The maximum Gasteiger partial charge on any atom is 0.236 e. The highest BCUT2D eigenvalue weighted by molar-refractivity contribution is 9.10. The molecule has 0 unspecified atom stereocenters. The molecule has 0 atom stereocenters. The van der Waals surface area contributed by atoms with Gasteiger partial charge in [-0.25, -0.2) is 0 Å². The molecular formula is C15H24BrN3O. The van der Waals surface area contributed by atoms with Gasteiger partial charge in [0.15, 0.2) is 0 Å². The molecule has 0 aliphatic heterocycles. The van der Waals surface area contributed by atoms with Crippen LogP contribution in [0.2, 0.25) is 0 Å². The van der Waals surface area contributed by atoms with E-state index in [0.717, 1.165) is 16.7 Å². The molecule has 5 heteroatoms. The molecule has 3 N–H and O–H groups in total. The Bertz CT molecular complexity index is 460. The SMILES string of the molecule is CC(C)NCc1ccc(N(CC(N)=O)C(C)C)cc1Br. The highest BCUT2D eigenvalue weighted by Crippen LogP contribution is 2.25. The first-order valence-electron chi connectivity index (χ1n) is 6.88. The molecule has 0 bridgehead atoms. The second-order valence-corrected chi connectivity index (χ2v) is 6.35. The smallest absolute Gasteiger partial charge is 0.236 e. The molecule has 20 heavy (non-hydrogen) atoms. The summed E-state index contributed by atoms with van der Waals surface area (Å²) in [7, 11) is 0. The van der Waals surface area contributed by atoms with Crippen molar-refractivity contribution in [3.63, 3.8) is 0 Å². The van der Waals surface area contributed by atoms with E-state index in [0.29, 0.717) is 6.04 Å². The molecule has 112 valence electrons. The Morgan fingerprint density at radius 3 is 2.45 bits per heavy atom. The van der Waals surface area contributed by atoms with Crippen molar-refractivity contribution in [1.82, 2.24) is 5.32 Å². The van der Waals surface area contributed by atoms with Crippen molar-refractivity contribution in [3.8, 4) is 0 Å². The summed E-state index contributed by atoms with van der Waals surface area (Å²) in [6.45, 7) is 9.38. The topological polar surface area (TPSA) is 58.4 Å². The number of nitrogens with zero attached hydrogens (tertiary/aromatic N) is 1. The standard InChI is InChI=1S/C15H24BrN3O/c1-10(2)18-8-12-5-6-13(7-14(12)16)19(11(3)4)9-15(17)20/h5-7,10-11,18H,8-9H2,1-4H3,(H2,17,20). The quantitative estimate of drug-likeness (QED) is 0.801. The number of hydrogen-bond acceptors (Lipinski definition) is 3. The molecule has 0 radical (unpaired) electrons. The van der Waals surface area contributed by atoms with Crippen LogP contribution in [0.15, 0.2) is 22.7 Å². The summed E-state index contributed by atoms with van der Waals surface area (Å²) in [5.74, 6) is -0.319. The fraction of sp³-hybridized carbons (Fsp3) is 0.533. The molecule has 1 aromatic carbocycles. The Morgan fingerprint density at radius 2 is 2.00 bits per heavy atom. The first-order chi connectivity index (χ1) is 9.31. The zero-order chi connectivity index (χ0) is 15.3. The van der Waals surface area contributed by atoms with Gasteiger partial charge in [0.2, 0.25) is 5.91 Å². The number of primary amides is 1. The van der Waals surface area contributed by atoms with Crippen molar-refractivity contribution in [2.45, 2.75) is 46.3 Å². The molecule has 0 fully saturated rings. The highest BCUT2D eigenvalue weighted by Gasteiger charge is 2.14. The Morgan fingerprint density at radius 1 is 1.35 bits per heavy atom. The van der Waals surface area contributed by atoms with Gasteiger partial charge in [-0.3, -0.25) is 4.79 Å². The number of nitrogens with two attached hydrogens (primary N) is 1. The van der Waals surface area contributed by atoms with Crippen LogP contribution in [-0.4, -0.2) is 24.5 Å². The fourth-order valence-corrected chi connectivity index (χ4v) is 2.42. The second kappa shape index (κ2) is 7.64. The molecule has 0 aromatic heterocycles. The monoisotopic (exact) mass is 341 g/mol. The van der Waals surface area contributed by atoms with Crippen molar-refractivity contribution < 1.29 is 4.79 Å². The van der Waals surface area contributed by atoms with Gasteiger partial charge in [0, 0.05) is 28.8 Å². The predicted octanol–water partition coefficient (Wildman–Crippen LogP) is 2.65. The van der Waals surface area contributed by atoms with Crippen LogP contribution in [0, 0.1) is 0 Å². The van der Waals surface area contributed by atoms with Crippen molar-refractivity contribution in [2.24, 2.45) is 5.73 Å². The predicted molar refractivity (Wildman–Crippen MR) is 87.8 cm³/mol. The fourth-order valence-electron chi connectivity index (χ4n) is 1.91. The molecule has 4 nitrogen and oxygen atoms in total. The summed E-state index contributed by atoms with van der Waals surface area (Å²) in [6, 6.07) is 6.81. The van der Waals surface area contributed by atoms with Crippen molar-refractivity contribution >= 4 is 27.5 Å². The van der Waals surface area contributed by atoms with Gasteiger partial charge >= 0.3 is 0 Å². The maximum absolute atomic E-state index is 11.2. The zero-order valence-electron chi connectivity index (χ0n) is 12.6. The van der Waals surface area contributed by atoms with Crippen LogP contribution in [0.5, 0.6) is 0 Å². The van der Waals surface area contributed by atoms with E-state index in [1.807, 2.05) is 30.9 Å². The van der Waals surface area contributed by atoms with Gasteiger partial charge in [0.25, 0.3) is 0 Å². The van der Waals surface area contributed by atoms with Crippen LogP contribution in [-0.2, 0) is 11.3 Å². The first kappa shape index (κ1) is 17.0. The number of halogens is 1. The molecule has 0 saturated heterocycles. The van der Waals surface area contributed by atoms with E-state index in [-0.39, 0.29) is 18.5 Å². The number of rotatable bonds is 7. The van der Waals surface area contributed by atoms with E-state index >= 15 is 0 Å². The Labute approximate surface area is 129 Å². The van der Waals surface area contributed by atoms with Crippen molar-refractivity contribution in [1.29, 1.82) is 0 Å². The number of carbonyl (C=O) groups is 1. The average Bonchev–Trinajstić information content (AvgIpc) is 2.33. The van der Waals surface area contributed by atoms with Gasteiger partial charge in [-0.2, -0.15) is 0 Å². The van der Waals surface area contributed by atoms with Crippen LogP contribution in [0.3, 0.4) is 0 Å². The number of anilines is 1. The van der Waals surface area contributed by atoms with E-state index in [4.69, 9.17) is 5.73 Å². The summed E-state index contributed by atoms with van der Waals surface area (Å²) < 4.78 is 1.04. The van der Waals surface area contributed by atoms with Crippen LogP contribution >= 0.6 is 15.9 Å². The molecule has 1 rings (SSSR count). The summed E-state index contributed by atoms with van der Waals surface area (Å²) in [4.78, 5) is 13.2. The van der Waals surface area contributed by atoms with Gasteiger partial charge in [0.05, 0.1) is 6.54 Å². The third kappa shape index (κ3) is 5.13. The number of hydrogen-bond donors (Lipinski definition) is 2. The summed E-state index contributed by atoms with van der Waals surface area (Å²) >= 11 is 3.60. The van der Waals surface area contributed by atoms with Crippen LogP contribution in [0.25, 0.3) is 0 Å². The second-order valence-electron chi connectivity index (χ2n) is 5.50. The van der Waals surface area contributed by atoms with Gasteiger partial charge in [-0.15, -0.1) is 0 Å². The van der Waals surface area contributed by atoms with Gasteiger partial charge < -0.3 is 16.0 Å². The highest BCUT2D eigenvalue weighted by atomic mass is 79.9. The number of amides is 1. The third-order valence-corrected chi connectivity index (χ3v) is 3.76. The first-order valence-corrected chi connectivity index (χ1v) is 7.67. The number of nitrogens with one attached hydrogen (secondary N) is 1. The minimum absolute atomic E-state index is 0.217. The van der Waals surface area contributed by atoms with Gasteiger partial charge in [-0.1, -0.05) is 35.8 Å². The van der Waals surface area contributed by atoms with Crippen molar-refractivity contribution in [2.75, 3.05) is 11.4 Å². The van der Waals surface area contributed by atoms with E-state index in [2.05, 4.69) is 41.2 Å². The van der Waals surface area contributed by atoms with Crippen LogP contribution in [0.4, 0.5) is 5.69 Å².